The van der Waals surface area contributed by atoms with Gasteiger partial charge in [-0.2, -0.15) is 0 Å². The zero-order valence-corrected chi connectivity index (χ0v) is 16.3. The Morgan fingerprint density at radius 2 is 1.84 bits per heavy atom. The average molecular weight is 376 g/mol. The molecule has 1 aromatic rings. The Kier molecular flexibility index (Phi) is 9.26. The highest BCUT2D eigenvalue weighted by molar-refractivity contribution is 6.01. The molecule has 0 aromatic heterocycles. The van der Waals surface area contributed by atoms with Gasteiger partial charge >= 0.3 is 0 Å². The van der Waals surface area contributed by atoms with Gasteiger partial charge in [-0.25, -0.2) is 0 Å². The molecule has 4 N–H and O–H groups in total. The normalized spacial score (nSPS) is 12.6. The maximum Gasteiger partial charge on any atom is 0.170 e. The van der Waals surface area contributed by atoms with Crippen molar-refractivity contribution in [1.82, 2.24) is 5.32 Å². The van der Waals surface area contributed by atoms with Crippen LogP contribution < -0.4 is 10.1 Å². The lowest BCUT2D eigenvalue weighted by Crippen LogP contribution is -2.42. The Bertz CT molecular complexity index is 569. The average Bonchev–Trinajstić information content (AvgIpc) is 2.40. The first kappa shape index (κ1) is 23.5. The van der Waals surface area contributed by atoms with Crippen molar-refractivity contribution in [1.29, 1.82) is 0 Å². The van der Waals surface area contributed by atoms with E-state index in [0.29, 0.717) is 6.54 Å². The van der Waals surface area contributed by atoms with E-state index in [9.17, 15) is 20.1 Å². The summed E-state index contributed by atoms with van der Waals surface area (Å²) in [5, 5.41) is 32.8. The number of hydrogen-bond donors (Lipinski definition) is 4. The lowest BCUT2D eigenvalue weighted by atomic mass is 9.99. The zero-order valence-electron chi connectivity index (χ0n) is 15.5. The number of β-amino-alcohol motifs (C(OH)–C–C–N with tert-alkyl or cyclic N) is 1. The molecule has 0 aliphatic rings. The van der Waals surface area contributed by atoms with Crippen LogP contribution in [-0.4, -0.2) is 45.9 Å². The highest BCUT2D eigenvalue weighted by Crippen LogP contribution is 2.34. The first-order valence-electron chi connectivity index (χ1n) is 8.14. The quantitative estimate of drug-likeness (QED) is 0.521. The van der Waals surface area contributed by atoms with Gasteiger partial charge in [-0.3, -0.25) is 4.79 Å². The number of phenolic OH excluding ortho intramolecular Hbond substituents is 2. The number of carbonyl (C=O) groups is 1. The molecular formula is C18H30ClNO5. The van der Waals surface area contributed by atoms with E-state index >= 15 is 0 Å². The number of Topliss-reactive ketones (excluding diaryl/α,β-unsaturated/α-hetero) is 1. The van der Waals surface area contributed by atoms with Gasteiger partial charge in [-0.1, -0.05) is 13.8 Å². The monoisotopic (exact) mass is 375 g/mol. The molecule has 0 fully saturated rings. The second-order valence-corrected chi connectivity index (χ2v) is 7.45. The summed E-state index contributed by atoms with van der Waals surface area (Å²) in [4.78, 5) is 12.3. The predicted octanol–water partition coefficient (Wildman–Crippen LogP) is 2.88. The van der Waals surface area contributed by atoms with Crippen molar-refractivity contribution >= 4 is 18.2 Å². The second-order valence-electron chi connectivity index (χ2n) is 7.45. The number of benzene rings is 1. The predicted molar refractivity (Wildman–Crippen MR) is 100 cm³/mol. The first-order chi connectivity index (χ1) is 11.0. The Morgan fingerprint density at radius 3 is 2.36 bits per heavy atom. The molecule has 0 radical (unpaired) electrons. The first-order valence-corrected chi connectivity index (χ1v) is 8.14. The molecule has 0 bridgehead atoms. The molecule has 1 atom stereocenters. The number of nitrogens with one attached hydrogen (secondary N) is 1. The summed E-state index contributed by atoms with van der Waals surface area (Å²) in [7, 11) is 0. The molecule has 7 heteroatoms. The number of hydrogen-bond acceptors (Lipinski definition) is 6. The summed E-state index contributed by atoms with van der Waals surface area (Å²) < 4.78 is 5.50. The van der Waals surface area contributed by atoms with Gasteiger partial charge in [0.15, 0.2) is 5.78 Å². The molecule has 1 aromatic carbocycles. The molecule has 0 heterocycles. The van der Waals surface area contributed by atoms with Gasteiger partial charge in [0.05, 0.1) is 0 Å². The van der Waals surface area contributed by atoms with Gasteiger partial charge in [0.2, 0.25) is 0 Å². The number of aromatic hydroxyl groups is 2. The van der Waals surface area contributed by atoms with Crippen molar-refractivity contribution in [2.75, 3.05) is 13.2 Å². The summed E-state index contributed by atoms with van der Waals surface area (Å²) in [5.41, 5.74) is -0.0969. The molecule has 0 saturated carbocycles. The van der Waals surface area contributed by atoms with Gasteiger partial charge in [0.25, 0.3) is 0 Å². The topological polar surface area (TPSA) is 99.0 Å². The number of ether oxygens (including phenoxy) is 1. The number of phenols is 2. The molecule has 0 aliphatic heterocycles. The van der Waals surface area contributed by atoms with Crippen LogP contribution in [-0.2, 0) is 0 Å². The molecule has 0 saturated heterocycles. The molecule has 25 heavy (non-hydrogen) atoms. The van der Waals surface area contributed by atoms with E-state index in [4.69, 9.17) is 4.74 Å². The van der Waals surface area contributed by atoms with Crippen molar-refractivity contribution in [3.8, 4) is 17.2 Å². The Balaban J connectivity index is 0.00000576. The maximum absolute atomic E-state index is 12.3. The minimum Gasteiger partial charge on any atom is -0.508 e. The number of aliphatic hydroxyl groups excluding tert-OH is 1. The highest BCUT2D eigenvalue weighted by atomic mass is 35.5. The summed E-state index contributed by atoms with van der Waals surface area (Å²) in [6.45, 7) is 10.0. The minimum absolute atomic E-state index is 0. The molecule has 1 rings (SSSR count). The Morgan fingerprint density at radius 1 is 1.24 bits per heavy atom. The summed E-state index contributed by atoms with van der Waals surface area (Å²) in [5.74, 6) is -0.586. The molecule has 0 aliphatic carbocycles. The van der Waals surface area contributed by atoms with E-state index in [1.54, 1.807) is 0 Å². The standard InChI is InChI=1S/C18H29NO5.ClH/c1-11(2)6-14(22)17-15(23)7-12(20)8-16(17)24-10-13(21)9-19-18(3,4)5;/h7-8,11,13,19-21,23H,6,9-10H2,1-5H3;1H/t13-;/m1./s1. The fourth-order valence-electron chi connectivity index (χ4n) is 2.12. The summed E-state index contributed by atoms with van der Waals surface area (Å²) in [6.07, 6.45) is -0.537. The van der Waals surface area contributed by atoms with Crippen molar-refractivity contribution in [3.05, 3.63) is 17.7 Å². The minimum atomic E-state index is -0.790. The van der Waals surface area contributed by atoms with Gasteiger partial charge in [0.1, 0.15) is 35.5 Å². The smallest absolute Gasteiger partial charge is 0.170 e. The van der Waals surface area contributed by atoms with Gasteiger partial charge in [-0.15, -0.1) is 12.4 Å². The van der Waals surface area contributed by atoms with Crippen molar-refractivity contribution in [2.45, 2.75) is 52.7 Å². The van der Waals surface area contributed by atoms with Crippen LogP contribution in [0.4, 0.5) is 0 Å². The van der Waals surface area contributed by atoms with Crippen LogP contribution in [0.15, 0.2) is 12.1 Å². The third kappa shape index (κ3) is 8.43. The van der Waals surface area contributed by atoms with E-state index in [0.717, 1.165) is 6.07 Å². The largest absolute Gasteiger partial charge is 0.508 e. The van der Waals surface area contributed by atoms with E-state index in [2.05, 4.69) is 5.32 Å². The van der Waals surface area contributed by atoms with Gasteiger partial charge in [-0.05, 0) is 26.7 Å². The third-order valence-electron chi connectivity index (χ3n) is 3.24. The number of ketones is 1. The van der Waals surface area contributed by atoms with Crippen LogP contribution >= 0.6 is 12.4 Å². The zero-order chi connectivity index (χ0) is 18.5. The van der Waals surface area contributed by atoms with Crippen LogP contribution in [0.5, 0.6) is 17.2 Å². The molecule has 0 spiro atoms. The number of halogens is 1. The Hall–Kier alpha value is -1.50. The lowest BCUT2D eigenvalue weighted by Gasteiger charge is -2.23. The van der Waals surface area contributed by atoms with E-state index in [1.165, 1.54) is 6.07 Å². The fraction of sp³-hybridized carbons (Fsp3) is 0.611. The van der Waals surface area contributed by atoms with Crippen molar-refractivity contribution in [3.63, 3.8) is 0 Å². The van der Waals surface area contributed by atoms with Gasteiger partial charge < -0.3 is 25.4 Å². The Labute approximate surface area is 155 Å². The van der Waals surface area contributed by atoms with E-state index in [-0.39, 0.29) is 65.5 Å². The van der Waals surface area contributed by atoms with Gasteiger partial charge in [0, 0.05) is 30.6 Å². The second kappa shape index (κ2) is 9.85. The van der Waals surface area contributed by atoms with Crippen LogP contribution in [0, 0.1) is 5.92 Å². The van der Waals surface area contributed by atoms with Crippen molar-refractivity contribution < 1.29 is 24.9 Å². The molecule has 6 nitrogen and oxygen atoms in total. The summed E-state index contributed by atoms with van der Waals surface area (Å²) in [6, 6.07) is 2.38. The molecule has 144 valence electrons. The van der Waals surface area contributed by atoms with Crippen LogP contribution in [0.25, 0.3) is 0 Å². The van der Waals surface area contributed by atoms with Crippen LogP contribution in [0.1, 0.15) is 51.4 Å². The van der Waals surface area contributed by atoms with Crippen LogP contribution in [0.3, 0.4) is 0 Å². The lowest BCUT2D eigenvalue weighted by molar-refractivity contribution is 0.0919. The SMILES string of the molecule is CC(C)CC(=O)c1c(O)cc(O)cc1OC[C@H](O)CNC(C)(C)C.Cl. The van der Waals surface area contributed by atoms with E-state index in [1.807, 2.05) is 34.6 Å². The fourth-order valence-corrected chi connectivity index (χ4v) is 2.12. The third-order valence-corrected chi connectivity index (χ3v) is 3.24. The molecule has 0 amide bonds. The molecular weight excluding hydrogens is 346 g/mol. The highest BCUT2D eigenvalue weighted by Gasteiger charge is 2.21. The van der Waals surface area contributed by atoms with Crippen LogP contribution in [0.2, 0.25) is 0 Å². The number of rotatable bonds is 8. The van der Waals surface area contributed by atoms with Crippen molar-refractivity contribution in [2.24, 2.45) is 5.92 Å². The molecule has 0 unspecified atom stereocenters. The number of carbonyl (C=O) groups excluding carboxylic acids is 1. The maximum atomic E-state index is 12.3. The summed E-state index contributed by atoms with van der Waals surface area (Å²) >= 11 is 0. The van der Waals surface area contributed by atoms with E-state index < -0.39 is 6.10 Å². The number of aliphatic hydroxyl groups is 1.